The molecule has 0 aromatic rings. The van der Waals surface area contributed by atoms with Crippen LogP contribution in [0.4, 0.5) is 0 Å². The van der Waals surface area contributed by atoms with E-state index in [4.69, 9.17) is 22.9 Å². The van der Waals surface area contributed by atoms with Crippen molar-refractivity contribution >= 4 is 30.0 Å². The van der Waals surface area contributed by atoms with Crippen LogP contribution in [0.1, 0.15) is 0 Å². The van der Waals surface area contributed by atoms with E-state index in [2.05, 4.69) is 0 Å². The third kappa shape index (κ3) is 1.15. The summed E-state index contributed by atoms with van der Waals surface area (Å²) in [6.07, 6.45) is 0. The van der Waals surface area contributed by atoms with Gasteiger partial charge in [-0.25, -0.2) is 0 Å². The van der Waals surface area contributed by atoms with Gasteiger partial charge in [0.2, 0.25) is 0 Å². The lowest BCUT2D eigenvalue weighted by molar-refractivity contribution is 0.153. The van der Waals surface area contributed by atoms with E-state index in [1.165, 1.54) is 0 Å². The van der Waals surface area contributed by atoms with Crippen LogP contribution in [0.25, 0.3) is 0 Å². The highest BCUT2D eigenvalue weighted by atomic mass is 16.9. The van der Waals surface area contributed by atoms with Gasteiger partial charge in [-0.3, -0.25) is 0 Å². The molecule has 0 atom stereocenters. The molecule has 0 saturated carbocycles. The lowest BCUT2D eigenvalue weighted by atomic mass is 9.95. The van der Waals surface area contributed by atoms with Crippen molar-refractivity contribution < 1.29 is 22.9 Å². The summed E-state index contributed by atoms with van der Waals surface area (Å²) in [4.78, 5) is 0. The Morgan fingerprint density at radius 2 is 1.78 bits per heavy atom. The van der Waals surface area contributed by atoms with Gasteiger partial charge in [-0.15, -0.1) is 0 Å². The van der Waals surface area contributed by atoms with Crippen molar-refractivity contribution in [3.05, 3.63) is 0 Å². The van der Waals surface area contributed by atoms with Gasteiger partial charge in [-0.05, 0) is 0 Å². The molecule has 0 spiro atoms. The second kappa shape index (κ2) is 2.36. The van der Waals surface area contributed by atoms with E-state index in [1.807, 2.05) is 0 Å². The van der Waals surface area contributed by atoms with E-state index < -0.39 is 22.3 Å². The Hall–Kier alpha value is 0.0597. The molecule has 0 unspecified atom stereocenters. The quantitative estimate of drug-likeness (QED) is 0.338. The van der Waals surface area contributed by atoms with Crippen molar-refractivity contribution in [2.24, 2.45) is 0 Å². The van der Waals surface area contributed by atoms with E-state index in [0.717, 1.165) is 7.69 Å². The molecule has 0 amide bonds. The van der Waals surface area contributed by atoms with Crippen LogP contribution in [-0.2, 0) is 22.9 Å². The summed E-state index contributed by atoms with van der Waals surface area (Å²) in [7, 11) is -0.875. The minimum absolute atomic E-state index is 0.600. The molecule has 0 aromatic carbocycles. The molecule has 0 aromatic heterocycles. The summed E-state index contributed by atoms with van der Waals surface area (Å²) in [5, 5.41) is 0. The first-order valence-corrected chi connectivity index (χ1v) is 2.70. The van der Waals surface area contributed by atoms with Gasteiger partial charge in [0.05, 0.1) is 0 Å². The number of hydrogen-bond acceptors (Lipinski definition) is 5. The largest absolute Gasteiger partial charge is 0.593 e. The predicted molar refractivity (Wildman–Crippen MR) is 31.2 cm³/mol. The second-order valence-corrected chi connectivity index (χ2v) is 1.72. The van der Waals surface area contributed by atoms with Gasteiger partial charge in [-0.1, -0.05) is 0 Å². The molecule has 5 nitrogen and oxygen atoms in total. The predicted octanol–water partition coefficient (Wildman–Crippen LogP) is -2.40. The Balaban J connectivity index is 1.96. The molecule has 2 saturated heterocycles. The van der Waals surface area contributed by atoms with Crippen LogP contribution in [0.5, 0.6) is 0 Å². The molecule has 2 bridgehead atoms. The Kier molecular flexibility index (Phi) is 1.52. The van der Waals surface area contributed by atoms with Crippen molar-refractivity contribution in [1.82, 2.24) is 0 Å². The van der Waals surface area contributed by atoms with Crippen molar-refractivity contribution in [2.45, 2.75) is 0 Å². The molecular formula is H2B4O5-. The van der Waals surface area contributed by atoms with Crippen molar-refractivity contribution in [3.8, 4) is 0 Å². The highest BCUT2D eigenvalue weighted by Crippen LogP contribution is 2.07. The topological polar surface area (TPSA) is 46.2 Å². The molecule has 9 heteroatoms. The maximum atomic E-state index is 4.90. The highest BCUT2D eigenvalue weighted by molar-refractivity contribution is 6.69. The van der Waals surface area contributed by atoms with Crippen LogP contribution in [-0.4, -0.2) is 30.0 Å². The van der Waals surface area contributed by atoms with Gasteiger partial charge in [0, 0.05) is 0 Å². The summed E-state index contributed by atoms with van der Waals surface area (Å²) in [6, 6.07) is 0. The average molecular weight is 125 g/mol. The van der Waals surface area contributed by atoms with Crippen LogP contribution < -0.4 is 0 Å². The monoisotopic (exact) mass is 126 g/mol. The minimum Gasteiger partial charge on any atom is -0.593 e. The molecule has 9 heavy (non-hydrogen) atoms. The molecular weight excluding hydrogens is 123 g/mol. The molecule has 45 valence electrons. The lowest BCUT2D eigenvalue weighted by Gasteiger charge is -2.34. The van der Waals surface area contributed by atoms with E-state index in [-0.39, 0.29) is 0 Å². The number of fused-ring (bicyclic) bond motifs is 2. The minimum atomic E-state index is -0.833. The first kappa shape index (κ1) is 5.82. The summed E-state index contributed by atoms with van der Waals surface area (Å²) in [6.45, 7) is 0. The van der Waals surface area contributed by atoms with Crippen LogP contribution in [0.3, 0.4) is 0 Å². The Morgan fingerprint density at radius 1 is 1.11 bits per heavy atom. The van der Waals surface area contributed by atoms with E-state index in [1.54, 1.807) is 0 Å². The molecule has 0 N–H and O–H groups in total. The molecule has 2 rings (SSSR count). The molecule has 2 aliphatic heterocycles. The second-order valence-electron chi connectivity index (χ2n) is 1.72. The molecule has 2 aliphatic rings. The average Bonchev–Trinajstić information content (AvgIpc) is 1.88. The SMILES string of the molecule is [B]1OB2O[BH2-]OB(O1)O2. The maximum Gasteiger partial charge on any atom is 0.567 e. The molecule has 2 fully saturated rings. The van der Waals surface area contributed by atoms with Crippen LogP contribution in [0, 0.1) is 0 Å². The fourth-order valence-corrected chi connectivity index (χ4v) is 0.713. The third-order valence-electron chi connectivity index (χ3n) is 1.13. The zero-order chi connectivity index (χ0) is 6.10. The fraction of sp³-hybridized carbons (Fsp3) is 0. The fourth-order valence-electron chi connectivity index (χ4n) is 0.713. The van der Waals surface area contributed by atoms with Crippen molar-refractivity contribution in [1.29, 1.82) is 0 Å². The Bertz CT molecular complexity index is 85.1. The molecule has 2 heterocycles. The van der Waals surface area contributed by atoms with Gasteiger partial charge in [0.15, 0.2) is 7.69 Å². The Morgan fingerprint density at radius 3 is 2.33 bits per heavy atom. The van der Waals surface area contributed by atoms with Gasteiger partial charge in [0.25, 0.3) is 0 Å². The van der Waals surface area contributed by atoms with Gasteiger partial charge < -0.3 is 22.9 Å². The zero-order valence-electron chi connectivity index (χ0n) is 4.77. The van der Waals surface area contributed by atoms with Crippen LogP contribution >= 0.6 is 0 Å². The maximum absolute atomic E-state index is 4.90. The van der Waals surface area contributed by atoms with Crippen molar-refractivity contribution in [2.75, 3.05) is 0 Å². The van der Waals surface area contributed by atoms with Crippen LogP contribution in [0.2, 0.25) is 0 Å². The first-order chi connectivity index (χ1) is 4.45. The van der Waals surface area contributed by atoms with Crippen molar-refractivity contribution in [3.63, 3.8) is 0 Å². The first-order valence-electron chi connectivity index (χ1n) is 2.70. The zero-order valence-corrected chi connectivity index (χ0v) is 4.77. The summed E-state index contributed by atoms with van der Waals surface area (Å²) in [5.74, 6) is 0. The summed E-state index contributed by atoms with van der Waals surface area (Å²) < 4.78 is 24.0. The molecule has 0 aliphatic carbocycles. The summed E-state index contributed by atoms with van der Waals surface area (Å²) in [5.41, 5.74) is 0. The van der Waals surface area contributed by atoms with Gasteiger partial charge >= 0.3 is 22.3 Å². The van der Waals surface area contributed by atoms with E-state index >= 15 is 0 Å². The number of rotatable bonds is 0. The summed E-state index contributed by atoms with van der Waals surface area (Å²) >= 11 is 0. The normalized spacial score (nSPS) is 25.8. The third-order valence-corrected chi connectivity index (χ3v) is 1.13. The highest BCUT2D eigenvalue weighted by Gasteiger charge is 2.36. The lowest BCUT2D eigenvalue weighted by Crippen LogP contribution is -2.52. The van der Waals surface area contributed by atoms with Gasteiger partial charge in [0.1, 0.15) is 0 Å². The van der Waals surface area contributed by atoms with Gasteiger partial charge in [-0.2, -0.15) is 0 Å². The van der Waals surface area contributed by atoms with E-state index in [0.29, 0.717) is 0 Å². The van der Waals surface area contributed by atoms with E-state index in [9.17, 15) is 0 Å². The number of hydrogen-bond donors (Lipinski definition) is 0. The van der Waals surface area contributed by atoms with Crippen LogP contribution in [0.15, 0.2) is 0 Å². The molecule has 1 radical (unpaired) electrons. The standard InChI is InChI=1S/B4H2O5/c1-5-3-7-2-8-4(6-1)9-3/h1H2/q-1. The smallest absolute Gasteiger partial charge is 0.567 e. The Labute approximate surface area is 53.9 Å².